The van der Waals surface area contributed by atoms with Crippen LogP contribution in [0.15, 0.2) is 36.8 Å². The molecule has 3 aromatic rings. The van der Waals surface area contributed by atoms with Crippen LogP contribution in [-0.2, 0) is 7.05 Å². The van der Waals surface area contributed by atoms with Gasteiger partial charge in [0, 0.05) is 44.6 Å². The summed E-state index contributed by atoms with van der Waals surface area (Å²) in [5.74, 6) is 0.440. The van der Waals surface area contributed by atoms with Crippen LogP contribution in [0.1, 0.15) is 30.1 Å². The molecule has 3 aromatic heterocycles. The summed E-state index contributed by atoms with van der Waals surface area (Å²) in [4.78, 5) is 18.8. The standard InChI is InChI=1S/C18H22N6O/c1-13-11-24-12-15(3-4-17(24)19-13)20-18(25)23-9-5-14(6-10-23)16-7-8-22(2)21-16/h3-4,7-8,11-12,14H,5-6,9-10H2,1-2H3,(H,20,25). The molecule has 0 saturated carbocycles. The molecule has 0 unspecified atom stereocenters. The highest BCUT2D eigenvalue weighted by molar-refractivity contribution is 5.89. The van der Waals surface area contributed by atoms with Gasteiger partial charge in [-0.1, -0.05) is 0 Å². The average Bonchev–Trinajstić information content (AvgIpc) is 3.19. The summed E-state index contributed by atoms with van der Waals surface area (Å²) < 4.78 is 3.76. The third-order valence-electron chi connectivity index (χ3n) is 4.76. The summed E-state index contributed by atoms with van der Waals surface area (Å²) in [7, 11) is 1.94. The van der Waals surface area contributed by atoms with E-state index in [-0.39, 0.29) is 6.03 Å². The van der Waals surface area contributed by atoms with Crippen LogP contribution in [0.25, 0.3) is 5.65 Å². The largest absolute Gasteiger partial charge is 0.324 e. The van der Waals surface area contributed by atoms with Crippen molar-refractivity contribution in [3.63, 3.8) is 0 Å². The SMILES string of the molecule is Cc1cn2cc(NC(=O)N3CCC(c4ccn(C)n4)CC3)ccc2n1. The van der Waals surface area contributed by atoms with E-state index in [0.29, 0.717) is 5.92 Å². The van der Waals surface area contributed by atoms with Gasteiger partial charge in [0.1, 0.15) is 5.65 Å². The molecule has 4 rings (SSSR count). The molecule has 2 amide bonds. The number of piperidine rings is 1. The number of aromatic nitrogens is 4. The number of aryl methyl sites for hydroxylation is 2. The fourth-order valence-corrected chi connectivity index (χ4v) is 3.42. The highest BCUT2D eigenvalue weighted by Gasteiger charge is 2.25. The molecule has 0 bridgehead atoms. The number of amides is 2. The molecular weight excluding hydrogens is 316 g/mol. The number of hydrogen-bond acceptors (Lipinski definition) is 3. The molecule has 1 aliphatic heterocycles. The van der Waals surface area contributed by atoms with Crippen LogP contribution in [0.5, 0.6) is 0 Å². The molecule has 0 radical (unpaired) electrons. The Morgan fingerprint density at radius 1 is 1.20 bits per heavy atom. The first-order valence-corrected chi connectivity index (χ1v) is 8.59. The maximum atomic E-state index is 12.5. The van der Waals surface area contributed by atoms with Crippen molar-refractivity contribution < 1.29 is 4.79 Å². The number of pyridine rings is 1. The summed E-state index contributed by atoms with van der Waals surface area (Å²) in [6.45, 7) is 3.45. The van der Waals surface area contributed by atoms with E-state index in [1.165, 1.54) is 0 Å². The highest BCUT2D eigenvalue weighted by Crippen LogP contribution is 2.27. The minimum absolute atomic E-state index is 0.0457. The number of carbonyl (C=O) groups excluding carboxylic acids is 1. The Morgan fingerprint density at radius 3 is 2.72 bits per heavy atom. The number of fused-ring (bicyclic) bond motifs is 1. The number of nitrogens with one attached hydrogen (secondary N) is 1. The van der Waals surface area contributed by atoms with Crippen LogP contribution >= 0.6 is 0 Å². The summed E-state index contributed by atoms with van der Waals surface area (Å²) in [5.41, 5.74) is 3.75. The molecule has 4 heterocycles. The molecular formula is C18H22N6O. The van der Waals surface area contributed by atoms with Gasteiger partial charge in [-0.2, -0.15) is 5.10 Å². The van der Waals surface area contributed by atoms with Gasteiger partial charge in [0.25, 0.3) is 0 Å². The number of likely N-dealkylation sites (tertiary alicyclic amines) is 1. The minimum Gasteiger partial charge on any atom is -0.324 e. The fraction of sp³-hybridized carbons (Fsp3) is 0.389. The first-order valence-electron chi connectivity index (χ1n) is 8.59. The maximum Gasteiger partial charge on any atom is 0.321 e. The lowest BCUT2D eigenvalue weighted by molar-refractivity contribution is 0.194. The van der Waals surface area contributed by atoms with Gasteiger partial charge in [-0.15, -0.1) is 0 Å². The molecule has 1 saturated heterocycles. The van der Waals surface area contributed by atoms with Crippen molar-refractivity contribution in [1.29, 1.82) is 0 Å². The van der Waals surface area contributed by atoms with Gasteiger partial charge in [-0.05, 0) is 38.0 Å². The molecule has 1 N–H and O–H groups in total. The second-order valence-electron chi connectivity index (χ2n) is 6.67. The zero-order valence-corrected chi connectivity index (χ0v) is 14.5. The van der Waals surface area contributed by atoms with E-state index in [0.717, 1.165) is 48.7 Å². The van der Waals surface area contributed by atoms with E-state index in [2.05, 4.69) is 21.5 Å². The van der Waals surface area contributed by atoms with Crippen molar-refractivity contribution in [3.05, 3.63) is 48.2 Å². The Balaban J connectivity index is 1.38. The zero-order chi connectivity index (χ0) is 17.4. The van der Waals surface area contributed by atoms with Gasteiger partial charge in [0.15, 0.2) is 0 Å². The highest BCUT2D eigenvalue weighted by atomic mass is 16.2. The summed E-state index contributed by atoms with van der Waals surface area (Å²) in [6.07, 6.45) is 7.72. The quantitative estimate of drug-likeness (QED) is 0.781. The molecule has 1 fully saturated rings. The van der Waals surface area contributed by atoms with Crippen molar-refractivity contribution in [2.45, 2.75) is 25.7 Å². The molecule has 130 valence electrons. The van der Waals surface area contributed by atoms with Crippen LogP contribution in [-0.4, -0.2) is 43.2 Å². The predicted octanol–water partition coefficient (Wildman–Crippen LogP) is 2.79. The molecule has 0 spiro atoms. The number of anilines is 1. The summed E-state index contributed by atoms with van der Waals surface area (Å²) in [6, 6.07) is 5.83. The maximum absolute atomic E-state index is 12.5. The van der Waals surface area contributed by atoms with Crippen molar-refractivity contribution in [2.75, 3.05) is 18.4 Å². The van der Waals surface area contributed by atoms with E-state index in [1.54, 1.807) is 0 Å². The molecule has 0 atom stereocenters. The lowest BCUT2D eigenvalue weighted by Gasteiger charge is -2.31. The zero-order valence-electron chi connectivity index (χ0n) is 14.5. The van der Waals surface area contributed by atoms with Crippen LogP contribution in [0.2, 0.25) is 0 Å². The number of nitrogens with zero attached hydrogens (tertiary/aromatic N) is 5. The second kappa shape index (κ2) is 6.23. The van der Waals surface area contributed by atoms with E-state index in [1.807, 2.05) is 58.7 Å². The Hall–Kier alpha value is -2.83. The lowest BCUT2D eigenvalue weighted by Crippen LogP contribution is -2.40. The molecule has 0 aliphatic carbocycles. The fourth-order valence-electron chi connectivity index (χ4n) is 3.42. The normalized spacial score (nSPS) is 15.7. The number of hydrogen-bond donors (Lipinski definition) is 1. The third kappa shape index (κ3) is 3.22. The third-order valence-corrected chi connectivity index (χ3v) is 4.76. The van der Waals surface area contributed by atoms with Crippen molar-refractivity contribution in [3.8, 4) is 0 Å². The van der Waals surface area contributed by atoms with E-state index < -0.39 is 0 Å². The van der Waals surface area contributed by atoms with Gasteiger partial charge in [-0.3, -0.25) is 4.68 Å². The number of imidazole rings is 1. The number of carbonyl (C=O) groups is 1. The molecule has 7 nitrogen and oxygen atoms in total. The lowest BCUT2D eigenvalue weighted by atomic mass is 9.94. The Labute approximate surface area is 146 Å². The monoisotopic (exact) mass is 338 g/mol. The first-order chi connectivity index (χ1) is 12.1. The summed E-state index contributed by atoms with van der Waals surface area (Å²) in [5, 5.41) is 7.48. The molecule has 25 heavy (non-hydrogen) atoms. The van der Waals surface area contributed by atoms with Crippen molar-refractivity contribution in [2.24, 2.45) is 7.05 Å². The van der Waals surface area contributed by atoms with Crippen LogP contribution < -0.4 is 5.32 Å². The number of urea groups is 1. The second-order valence-corrected chi connectivity index (χ2v) is 6.67. The Bertz CT molecular complexity index is 903. The molecule has 0 aromatic carbocycles. The van der Waals surface area contributed by atoms with Crippen LogP contribution in [0.3, 0.4) is 0 Å². The minimum atomic E-state index is -0.0457. The van der Waals surface area contributed by atoms with Gasteiger partial charge < -0.3 is 14.6 Å². The van der Waals surface area contributed by atoms with E-state index >= 15 is 0 Å². The van der Waals surface area contributed by atoms with Gasteiger partial charge in [0.05, 0.1) is 17.1 Å². The summed E-state index contributed by atoms with van der Waals surface area (Å²) >= 11 is 0. The smallest absolute Gasteiger partial charge is 0.321 e. The topological polar surface area (TPSA) is 67.5 Å². The molecule has 1 aliphatic rings. The van der Waals surface area contributed by atoms with Crippen molar-refractivity contribution in [1.82, 2.24) is 24.1 Å². The van der Waals surface area contributed by atoms with Gasteiger partial charge >= 0.3 is 6.03 Å². The van der Waals surface area contributed by atoms with Crippen molar-refractivity contribution >= 4 is 17.4 Å². The van der Waals surface area contributed by atoms with E-state index in [9.17, 15) is 4.79 Å². The van der Waals surface area contributed by atoms with Crippen LogP contribution in [0.4, 0.5) is 10.5 Å². The van der Waals surface area contributed by atoms with E-state index in [4.69, 9.17) is 0 Å². The first kappa shape index (κ1) is 15.7. The van der Waals surface area contributed by atoms with Gasteiger partial charge in [-0.25, -0.2) is 9.78 Å². The predicted molar refractivity (Wildman–Crippen MR) is 95.7 cm³/mol. The Morgan fingerprint density at radius 2 is 2.00 bits per heavy atom. The Kier molecular flexibility index (Phi) is 3.91. The molecule has 7 heteroatoms. The van der Waals surface area contributed by atoms with Crippen LogP contribution in [0, 0.1) is 6.92 Å². The average molecular weight is 338 g/mol. The van der Waals surface area contributed by atoms with Gasteiger partial charge in [0.2, 0.25) is 0 Å². The number of rotatable bonds is 2.